The van der Waals surface area contributed by atoms with E-state index in [2.05, 4.69) is 11.9 Å². The highest BCUT2D eigenvalue weighted by Gasteiger charge is 2.27. The number of benzene rings is 1. The maximum atomic E-state index is 12.9. The molecule has 0 radical (unpaired) electrons. The summed E-state index contributed by atoms with van der Waals surface area (Å²) in [5, 5.41) is 0.629. The van der Waals surface area contributed by atoms with Gasteiger partial charge in [-0.15, -0.1) is 12.4 Å². The summed E-state index contributed by atoms with van der Waals surface area (Å²) < 4.78 is 12.9. The van der Waals surface area contributed by atoms with Gasteiger partial charge in [0, 0.05) is 5.75 Å². The molecule has 1 unspecified atom stereocenters. The number of amidine groups is 1. The van der Waals surface area contributed by atoms with Gasteiger partial charge >= 0.3 is 0 Å². The van der Waals surface area contributed by atoms with Gasteiger partial charge in [-0.3, -0.25) is 4.99 Å². The number of halogens is 2. The second-order valence-corrected chi connectivity index (χ2v) is 5.30. The Morgan fingerprint density at radius 2 is 2.00 bits per heavy atom. The first kappa shape index (κ1) is 14.3. The Labute approximate surface area is 111 Å². The molecule has 2 N–H and O–H groups in total. The summed E-state index contributed by atoms with van der Waals surface area (Å²) >= 11 is 1.59. The summed E-state index contributed by atoms with van der Waals surface area (Å²) in [5.74, 6) is 0.791. The van der Waals surface area contributed by atoms with Crippen LogP contribution in [0.4, 0.5) is 4.39 Å². The van der Waals surface area contributed by atoms with Crippen molar-refractivity contribution in [2.75, 3.05) is 5.75 Å². The Balaban J connectivity index is 0.00000144. The molecule has 1 aromatic rings. The molecule has 0 bridgehead atoms. The lowest BCUT2D eigenvalue weighted by Gasteiger charge is -2.24. The maximum Gasteiger partial charge on any atom is 0.154 e. The molecule has 0 saturated heterocycles. The number of rotatable bonds is 1. The van der Waals surface area contributed by atoms with Gasteiger partial charge in [0.1, 0.15) is 5.82 Å². The van der Waals surface area contributed by atoms with Gasteiger partial charge in [-0.1, -0.05) is 23.9 Å². The van der Waals surface area contributed by atoms with Crippen molar-refractivity contribution in [2.24, 2.45) is 10.7 Å². The average Bonchev–Trinajstić information content (AvgIpc) is 2.41. The molecule has 94 valence electrons. The highest BCUT2D eigenvalue weighted by Crippen LogP contribution is 2.34. The van der Waals surface area contributed by atoms with Crippen LogP contribution < -0.4 is 5.73 Å². The van der Waals surface area contributed by atoms with E-state index < -0.39 is 0 Å². The van der Waals surface area contributed by atoms with Crippen molar-refractivity contribution in [3.8, 4) is 0 Å². The summed E-state index contributed by atoms with van der Waals surface area (Å²) in [6.45, 7) is 2.05. The van der Waals surface area contributed by atoms with Gasteiger partial charge < -0.3 is 5.73 Å². The Morgan fingerprint density at radius 3 is 2.65 bits per heavy atom. The SMILES string of the molecule is CC1(c2ccc(F)cc2)CCCSC(N)=N1.Cl. The quantitative estimate of drug-likeness (QED) is 0.853. The smallest absolute Gasteiger partial charge is 0.154 e. The third-order valence-corrected chi connectivity index (χ3v) is 3.76. The minimum atomic E-state index is -0.304. The normalized spacial score (nSPS) is 24.5. The van der Waals surface area contributed by atoms with Gasteiger partial charge in [-0.25, -0.2) is 4.39 Å². The van der Waals surface area contributed by atoms with E-state index in [-0.39, 0.29) is 23.8 Å². The molecule has 0 saturated carbocycles. The van der Waals surface area contributed by atoms with Gasteiger partial charge in [0.15, 0.2) is 5.17 Å². The number of nitrogens with two attached hydrogens (primary N) is 1. The predicted octanol–water partition coefficient (Wildman–Crippen LogP) is 3.30. The number of aliphatic imine (C=N–C) groups is 1. The Bertz CT molecular complexity index is 407. The van der Waals surface area contributed by atoms with E-state index in [9.17, 15) is 4.39 Å². The van der Waals surface area contributed by atoms with Crippen LogP contribution in [0.1, 0.15) is 25.3 Å². The molecule has 1 heterocycles. The highest BCUT2D eigenvalue weighted by molar-refractivity contribution is 8.13. The first-order valence-corrected chi connectivity index (χ1v) is 6.33. The molecule has 0 fully saturated rings. The van der Waals surface area contributed by atoms with Crippen LogP contribution in [0.3, 0.4) is 0 Å². The fourth-order valence-corrected chi connectivity index (χ4v) is 2.71. The van der Waals surface area contributed by atoms with Crippen molar-refractivity contribution in [3.63, 3.8) is 0 Å². The third kappa shape index (κ3) is 3.36. The van der Waals surface area contributed by atoms with Crippen LogP contribution in [0.2, 0.25) is 0 Å². The maximum absolute atomic E-state index is 12.9. The average molecular weight is 275 g/mol. The molecule has 2 nitrogen and oxygen atoms in total. The van der Waals surface area contributed by atoms with Crippen LogP contribution in [-0.2, 0) is 5.54 Å². The fourth-order valence-electron chi connectivity index (χ4n) is 1.94. The molecular formula is C12H16ClFN2S. The van der Waals surface area contributed by atoms with E-state index in [1.165, 1.54) is 12.1 Å². The van der Waals surface area contributed by atoms with Crippen LogP contribution in [-0.4, -0.2) is 10.9 Å². The molecule has 17 heavy (non-hydrogen) atoms. The van der Waals surface area contributed by atoms with E-state index in [1.54, 1.807) is 23.9 Å². The van der Waals surface area contributed by atoms with Gasteiger partial charge in [0.2, 0.25) is 0 Å². The number of nitrogens with zero attached hydrogens (tertiary/aromatic N) is 1. The summed E-state index contributed by atoms with van der Waals surface area (Å²) in [6, 6.07) is 6.54. The van der Waals surface area contributed by atoms with Crippen molar-refractivity contribution in [2.45, 2.75) is 25.3 Å². The van der Waals surface area contributed by atoms with E-state index >= 15 is 0 Å². The van der Waals surface area contributed by atoms with Crippen LogP contribution in [0.5, 0.6) is 0 Å². The standard InChI is InChI=1S/C12H15FN2S.ClH/c1-12(7-2-8-16-11(14)15-12)9-3-5-10(13)6-4-9;/h3-6H,2,7-8H2,1H3,(H2,14,15);1H. The van der Waals surface area contributed by atoms with Gasteiger partial charge in [0.05, 0.1) is 5.54 Å². The molecule has 5 heteroatoms. The molecule has 1 aliphatic heterocycles. The fraction of sp³-hybridized carbons (Fsp3) is 0.417. The summed E-state index contributed by atoms with van der Waals surface area (Å²) in [7, 11) is 0. The van der Waals surface area contributed by atoms with Crippen molar-refractivity contribution in [1.29, 1.82) is 0 Å². The van der Waals surface area contributed by atoms with Crippen LogP contribution in [0.15, 0.2) is 29.3 Å². The lowest BCUT2D eigenvalue weighted by Crippen LogP contribution is -2.21. The highest BCUT2D eigenvalue weighted by atomic mass is 35.5. The largest absolute Gasteiger partial charge is 0.379 e. The Morgan fingerprint density at radius 1 is 1.35 bits per heavy atom. The van der Waals surface area contributed by atoms with Crippen molar-refractivity contribution >= 4 is 29.3 Å². The molecule has 0 amide bonds. The van der Waals surface area contributed by atoms with Gasteiger partial charge in [0.25, 0.3) is 0 Å². The first-order valence-electron chi connectivity index (χ1n) is 5.34. The van der Waals surface area contributed by atoms with E-state index in [0.717, 1.165) is 24.2 Å². The number of thioether (sulfide) groups is 1. The van der Waals surface area contributed by atoms with Crippen LogP contribution >= 0.6 is 24.2 Å². The summed E-state index contributed by atoms with van der Waals surface area (Å²) in [6.07, 6.45) is 2.02. The number of hydrogen-bond acceptors (Lipinski definition) is 3. The van der Waals surface area contributed by atoms with Crippen molar-refractivity contribution in [3.05, 3.63) is 35.6 Å². The zero-order chi connectivity index (χ0) is 11.6. The lowest BCUT2D eigenvalue weighted by molar-refractivity contribution is 0.454. The van der Waals surface area contributed by atoms with Crippen LogP contribution in [0.25, 0.3) is 0 Å². The molecule has 1 aromatic carbocycles. The first-order chi connectivity index (χ1) is 7.60. The molecule has 2 rings (SSSR count). The molecular weight excluding hydrogens is 259 g/mol. The van der Waals surface area contributed by atoms with Gasteiger partial charge in [-0.2, -0.15) is 0 Å². The summed E-state index contributed by atoms with van der Waals surface area (Å²) in [4.78, 5) is 4.54. The zero-order valence-corrected chi connectivity index (χ0v) is 11.3. The van der Waals surface area contributed by atoms with Crippen molar-refractivity contribution < 1.29 is 4.39 Å². The second kappa shape index (κ2) is 5.74. The van der Waals surface area contributed by atoms with Crippen LogP contribution in [0, 0.1) is 5.82 Å². The third-order valence-electron chi connectivity index (χ3n) is 2.88. The number of hydrogen-bond donors (Lipinski definition) is 1. The zero-order valence-electron chi connectivity index (χ0n) is 9.65. The molecule has 0 aliphatic carbocycles. The molecule has 0 spiro atoms. The van der Waals surface area contributed by atoms with Gasteiger partial charge in [-0.05, 0) is 37.5 Å². The monoisotopic (exact) mass is 274 g/mol. The Kier molecular flexibility index (Phi) is 4.83. The predicted molar refractivity (Wildman–Crippen MR) is 74.3 cm³/mol. The van der Waals surface area contributed by atoms with E-state index in [0.29, 0.717) is 5.17 Å². The van der Waals surface area contributed by atoms with E-state index in [1.807, 2.05) is 0 Å². The lowest BCUT2D eigenvalue weighted by atomic mass is 9.88. The topological polar surface area (TPSA) is 38.4 Å². The van der Waals surface area contributed by atoms with Crippen molar-refractivity contribution in [1.82, 2.24) is 0 Å². The minimum absolute atomic E-state index is 0. The second-order valence-electron chi connectivity index (χ2n) is 4.18. The molecule has 1 atom stereocenters. The summed E-state index contributed by atoms with van der Waals surface area (Å²) in [5.41, 5.74) is 6.54. The Hall–Kier alpha value is -0.740. The molecule has 0 aromatic heterocycles. The molecule has 1 aliphatic rings. The minimum Gasteiger partial charge on any atom is -0.379 e. The van der Waals surface area contributed by atoms with E-state index in [4.69, 9.17) is 5.73 Å².